The van der Waals surface area contributed by atoms with Gasteiger partial charge in [0.2, 0.25) is 0 Å². The van der Waals surface area contributed by atoms with Crippen LogP contribution in [0.2, 0.25) is 0 Å². The van der Waals surface area contributed by atoms with E-state index < -0.39 is 4.92 Å². The molecule has 120 valence electrons. The molecule has 0 aliphatic carbocycles. The Labute approximate surface area is 135 Å². The summed E-state index contributed by atoms with van der Waals surface area (Å²) >= 11 is 0. The SMILES string of the molecule is O=C(NCc1n[nH]c(=O)c2ccccc12)c1ccc([N+](=O)[O-])cc1. The minimum absolute atomic E-state index is 0.0835. The van der Waals surface area contributed by atoms with E-state index in [1.165, 1.54) is 24.3 Å². The Hall–Kier alpha value is -3.55. The summed E-state index contributed by atoms with van der Waals surface area (Å²) in [6.45, 7) is 0.118. The van der Waals surface area contributed by atoms with Crippen molar-refractivity contribution in [2.45, 2.75) is 6.54 Å². The summed E-state index contributed by atoms with van der Waals surface area (Å²) < 4.78 is 0. The number of carbonyl (C=O) groups excluding carboxylic acids is 1. The molecule has 0 spiro atoms. The number of nitro benzene ring substituents is 1. The lowest BCUT2D eigenvalue weighted by molar-refractivity contribution is -0.384. The number of rotatable bonds is 4. The molecule has 8 nitrogen and oxygen atoms in total. The van der Waals surface area contributed by atoms with Crippen molar-refractivity contribution in [3.05, 3.63) is 80.3 Å². The smallest absolute Gasteiger partial charge is 0.272 e. The molecule has 1 amide bonds. The van der Waals surface area contributed by atoms with E-state index >= 15 is 0 Å². The molecule has 1 heterocycles. The Morgan fingerprint density at radius 2 is 1.79 bits per heavy atom. The van der Waals surface area contributed by atoms with Gasteiger partial charge in [0.05, 0.1) is 22.5 Å². The third-order valence-electron chi connectivity index (χ3n) is 3.53. The average molecular weight is 324 g/mol. The molecule has 0 radical (unpaired) electrons. The van der Waals surface area contributed by atoms with Crippen molar-refractivity contribution in [3.8, 4) is 0 Å². The molecule has 1 aromatic heterocycles. The lowest BCUT2D eigenvalue weighted by Gasteiger charge is -2.07. The van der Waals surface area contributed by atoms with Crippen LogP contribution >= 0.6 is 0 Å². The van der Waals surface area contributed by atoms with E-state index in [4.69, 9.17) is 0 Å². The van der Waals surface area contributed by atoms with Gasteiger partial charge in [-0.2, -0.15) is 5.10 Å². The van der Waals surface area contributed by atoms with Crippen LogP contribution in [0.1, 0.15) is 16.1 Å². The monoisotopic (exact) mass is 324 g/mol. The van der Waals surface area contributed by atoms with Crippen molar-refractivity contribution >= 4 is 22.4 Å². The van der Waals surface area contributed by atoms with E-state index in [1.807, 2.05) is 0 Å². The second-order valence-electron chi connectivity index (χ2n) is 5.03. The zero-order valence-corrected chi connectivity index (χ0v) is 12.4. The lowest BCUT2D eigenvalue weighted by atomic mass is 10.1. The quantitative estimate of drug-likeness (QED) is 0.560. The second kappa shape index (κ2) is 6.29. The van der Waals surface area contributed by atoms with Crippen molar-refractivity contribution in [3.63, 3.8) is 0 Å². The summed E-state index contributed by atoms with van der Waals surface area (Å²) in [4.78, 5) is 33.9. The van der Waals surface area contributed by atoms with Gasteiger partial charge in [-0.25, -0.2) is 5.10 Å². The highest BCUT2D eigenvalue weighted by molar-refractivity contribution is 5.94. The molecule has 2 N–H and O–H groups in total. The number of non-ortho nitro benzene ring substituents is 1. The van der Waals surface area contributed by atoms with Crippen LogP contribution < -0.4 is 10.9 Å². The van der Waals surface area contributed by atoms with Gasteiger partial charge in [-0.05, 0) is 18.2 Å². The topological polar surface area (TPSA) is 118 Å². The predicted octanol–water partition coefficient (Wildman–Crippen LogP) is 1.76. The highest BCUT2D eigenvalue weighted by Crippen LogP contribution is 2.14. The molecule has 0 fully saturated rings. The van der Waals surface area contributed by atoms with Crippen LogP contribution in [0.5, 0.6) is 0 Å². The first-order valence-electron chi connectivity index (χ1n) is 7.05. The van der Waals surface area contributed by atoms with E-state index in [-0.39, 0.29) is 23.7 Å². The fraction of sp³-hybridized carbons (Fsp3) is 0.0625. The summed E-state index contributed by atoms with van der Waals surface area (Å²) in [6.07, 6.45) is 0. The first kappa shape index (κ1) is 15.3. The lowest BCUT2D eigenvalue weighted by Crippen LogP contribution is -2.24. The fourth-order valence-corrected chi connectivity index (χ4v) is 2.31. The van der Waals surface area contributed by atoms with E-state index in [0.717, 1.165) is 0 Å². The summed E-state index contributed by atoms with van der Waals surface area (Å²) in [5, 5.41) is 20.8. The van der Waals surface area contributed by atoms with Gasteiger partial charge >= 0.3 is 0 Å². The van der Waals surface area contributed by atoms with Gasteiger partial charge in [0.25, 0.3) is 17.2 Å². The Morgan fingerprint density at radius 3 is 2.46 bits per heavy atom. The third-order valence-corrected chi connectivity index (χ3v) is 3.53. The highest BCUT2D eigenvalue weighted by Gasteiger charge is 2.11. The summed E-state index contributed by atoms with van der Waals surface area (Å²) in [5.41, 5.74) is 0.450. The molecule has 3 rings (SSSR count). The standard InChI is InChI=1S/C16H12N4O4/c21-15(10-5-7-11(8-6-10)20(23)24)17-9-14-12-3-1-2-4-13(12)16(22)19-18-14/h1-8H,9H2,(H,17,21)(H,19,22). The number of aromatic nitrogens is 2. The van der Waals surface area contributed by atoms with E-state index in [9.17, 15) is 19.7 Å². The number of H-pyrrole nitrogens is 1. The zero-order chi connectivity index (χ0) is 17.1. The first-order valence-corrected chi connectivity index (χ1v) is 7.05. The van der Waals surface area contributed by atoms with Crippen molar-refractivity contribution < 1.29 is 9.72 Å². The Morgan fingerprint density at radius 1 is 1.12 bits per heavy atom. The van der Waals surface area contributed by atoms with Gasteiger partial charge in [-0.1, -0.05) is 18.2 Å². The molecular weight excluding hydrogens is 312 g/mol. The maximum atomic E-state index is 12.1. The highest BCUT2D eigenvalue weighted by atomic mass is 16.6. The molecule has 0 saturated heterocycles. The molecule has 3 aromatic rings. The Balaban J connectivity index is 1.78. The predicted molar refractivity (Wildman–Crippen MR) is 86.6 cm³/mol. The molecule has 0 bridgehead atoms. The Kier molecular flexibility index (Phi) is 4.02. The molecule has 0 atom stereocenters. The zero-order valence-electron chi connectivity index (χ0n) is 12.4. The van der Waals surface area contributed by atoms with Gasteiger partial charge in [-0.15, -0.1) is 0 Å². The third kappa shape index (κ3) is 2.98. The summed E-state index contributed by atoms with van der Waals surface area (Å²) in [6, 6.07) is 12.3. The number of nitro groups is 1. The average Bonchev–Trinajstić information content (AvgIpc) is 2.61. The minimum atomic E-state index is -0.530. The van der Waals surface area contributed by atoms with Crippen LogP contribution in [0.4, 0.5) is 5.69 Å². The number of aromatic amines is 1. The molecule has 0 unspecified atom stereocenters. The number of nitrogens with zero attached hydrogens (tertiary/aromatic N) is 2. The van der Waals surface area contributed by atoms with Gasteiger partial charge in [-0.3, -0.25) is 19.7 Å². The van der Waals surface area contributed by atoms with Crippen LogP contribution in [-0.2, 0) is 6.54 Å². The number of carbonyl (C=O) groups is 1. The summed E-state index contributed by atoms with van der Waals surface area (Å²) in [5.74, 6) is -0.387. The maximum Gasteiger partial charge on any atom is 0.272 e. The number of hydrogen-bond donors (Lipinski definition) is 2. The van der Waals surface area contributed by atoms with E-state index in [1.54, 1.807) is 24.3 Å². The van der Waals surface area contributed by atoms with Crippen molar-refractivity contribution in [1.29, 1.82) is 0 Å². The van der Waals surface area contributed by atoms with Crippen LogP contribution in [0, 0.1) is 10.1 Å². The number of fused-ring (bicyclic) bond motifs is 1. The van der Waals surface area contributed by atoms with Gasteiger partial charge in [0.15, 0.2) is 0 Å². The van der Waals surface area contributed by atoms with Gasteiger partial charge in [0.1, 0.15) is 0 Å². The molecule has 2 aromatic carbocycles. The number of amides is 1. The van der Waals surface area contributed by atoms with Crippen LogP contribution in [0.25, 0.3) is 10.8 Å². The van der Waals surface area contributed by atoms with Gasteiger partial charge in [0, 0.05) is 23.1 Å². The van der Waals surface area contributed by atoms with Gasteiger partial charge < -0.3 is 5.32 Å². The van der Waals surface area contributed by atoms with Crippen molar-refractivity contribution in [2.24, 2.45) is 0 Å². The van der Waals surface area contributed by atoms with Crippen LogP contribution in [0.3, 0.4) is 0 Å². The largest absolute Gasteiger partial charge is 0.346 e. The molecule has 0 aliphatic heterocycles. The van der Waals surface area contributed by atoms with Crippen LogP contribution in [-0.4, -0.2) is 21.0 Å². The first-order chi connectivity index (χ1) is 11.6. The maximum absolute atomic E-state index is 12.1. The molecular formula is C16H12N4O4. The molecule has 0 aliphatic rings. The van der Waals surface area contributed by atoms with E-state index in [2.05, 4.69) is 15.5 Å². The minimum Gasteiger partial charge on any atom is -0.346 e. The summed E-state index contributed by atoms with van der Waals surface area (Å²) in [7, 11) is 0. The number of nitrogens with one attached hydrogen (secondary N) is 2. The second-order valence-corrected chi connectivity index (χ2v) is 5.03. The normalized spacial score (nSPS) is 10.5. The number of benzene rings is 2. The molecule has 24 heavy (non-hydrogen) atoms. The fourth-order valence-electron chi connectivity index (χ4n) is 2.31. The van der Waals surface area contributed by atoms with Crippen molar-refractivity contribution in [1.82, 2.24) is 15.5 Å². The van der Waals surface area contributed by atoms with Crippen molar-refractivity contribution in [2.75, 3.05) is 0 Å². The Bertz CT molecular complexity index is 979. The molecule has 8 heteroatoms. The van der Waals surface area contributed by atoms with Crippen LogP contribution in [0.15, 0.2) is 53.3 Å². The number of hydrogen-bond acceptors (Lipinski definition) is 5. The van der Waals surface area contributed by atoms with E-state index in [0.29, 0.717) is 22.0 Å². The molecule has 0 saturated carbocycles.